The standard InChI is InChI=1S/C8H18NO4P/c1-9(8-4-2-3-5-8)6-7-13-14(10,11)12/h8H,2-7H2,1H3,(H2,10,11,12). The zero-order valence-corrected chi connectivity index (χ0v) is 9.32. The van der Waals surface area contributed by atoms with E-state index in [4.69, 9.17) is 9.79 Å². The van der Waals surface area contributed by atoms with Gasteiger partial charge >= 0.3 is 7.82 Å². The van der Waals surface area contributed by atoms with Gasteiger partial charge in [0, 0.05) is 12.6 Å². The predicted octanol–water partition coefficient (Wildman–Crippen LogP) is 0.970. The van der Waals surface area contributed by atoms with Crippen LogP contribution in [-0.4, -0.2) is 40.9 Å². The van der Waals surface area contributed by atoms with Crippen LogP contribution in [0.4, 0.5) is 0 Å². The van der Waals surface area contributed by atoms with Gasteiger partial charge in [0.05, 0.1) is 6.61 Å². The lowest BCUT2D eigenvalue weighted by Crippen LogP contribution is -2.32. The first-order chi connectivity index (χ1) is 6.49. The molecule has 1 fully saturated rings. The van der Waals surface area contributed by atoms with Crippen LogP contribution in [0.2, 0.25) is 0 Å². The lowest BCUT2D eigenvalue weighted by Gasteiger charge is -2.23. The summed E-state index contributed by atoms with van der Waals surface area (Å²) in [7, 11) is -2.31. The molecule has 0 aromatic heterocycles. The first kappa shape index (κ1) is 12.1. The quantitative estimate of drug-likeness (QED) is 0.679. The van der Waals surface area contributed by atoms with Gasteiger partial charge in [-0.3, -0.25) is 4.52 Å². The Kier molecular flexibility index (Phi) is 4.54. The Morgan fingerprint density at radius 1 is 1.43 bits per heavy atom. The molecule has 84 valence electrons. The molecule has 0 saturated heterocycles. The summed E-state index contributed by atoms with van der Waals surface area (Å²) < 4.78 is 14.8. The van der Waals surface area contributed by atoms with E-state index in [9.17, 15) is 4.57 Å². The van der Waals surface area contributed by atoms with E-state index >= 15 is 0 Å². The van der Waals surface area contributed by atoms with Crippen molar-refractivity contribution in [3.05, 3.63) is 0 Å². The van der Waals surface area contributed by atoms with E-state index in [-0.39, 0.29) is 6.61 Å². The molecule has 1 rings (SSSR count). The molecular weight excluding hydrogens is 205 g/mol. The molecule has 0 aliphatic heterocycles. The highest BCUT2D eigenvalue weighted by molar-refractivity contribution is 7.46. The third-order valence-corrected chi connectivity index (χ3v) is 3.17. The van der Waals surface area contributed by atoms with Gasteiger partial charge in [0.25, 0.3) is 0 Å². The van der Waals surface area contributed by atoms with Gasteiger partial charge in [0.1, 0.15) is 0 Å². The summed E-state index contributed by atoms with van der Waals surface area (Å²) in [5.41, 5.74) is 0. The molecule has 14 heavy (non-hydrogen) atoms. The Morgan fingerprint density at radius 2 is 2.00 bits per heavy atom. The normalized spacial score (nSPS) is 19.4. The van der Waals surface area contributed by atoms with Gasteiger partial charge in [-0.2, -0.15) is 0 Å². The Balaban J connectivity index is 2.14. The molecule has 0 unspecified atom stereocenters. The van der Waals surface area contributed by atoms with Crippen molar-refractivity contribution < 1.29 is 18.9 Å². The van der Waals surface area contributed by atoms with E-state index in [1.807, 2.05) is 7.05 Å². The summed E-state index contributed by atoms with van der Waals surface area (Å²) in [6.45, 7) is 0.674. The molecule has 5 nitrogen and oxygen atoms in total. The van der Waals surface area contributed by atoms with E-state index in [0.29, 0.717) is 12.6 Å². The average Bonchev–Trinajstić information content (AvgIpc) is 2.53. The largest absolute Gasteiger partial charge is 0.469 e. The summed E-state index contributed by atoms with van der Waals surface area (Å²) in [6, 6.07) is 0.565. The maximum Gasteiger partial charge on any atom is 0.469 e. The van der Waals surface area contributed by atoms with Crippen LogP contribution in [0.1, 0.15) is 25.7 Å². The molecule has 0 aromatic carbocycles. The lowest BCUT2D eigenvalue weighted by atomic mass is 10.2. The maximum absolute atomic E-state index is 10.4. The van der Waals surface area contributed by atoms with Crippen LogP contribution in [0.25, 0.3) is 0 Å². The molecule has 0 radical (unpaired) electrons. The first-order valence-electron chi connectivity index (χ1n) is 4.89. The Labute approximate surface area is 84.3 Å². The fraction of sp³-hybridized carbons (Fsp3) is 1.00. The van der Waals surface area contributed by atoms with Crippen molar-refractivity contribution in [2.75, 3.05) is 20.2 Å². The van der Waals surface area contributed by atoms with Crippen LogP contribution in [0, 0.1) is 0 Å². The molecule has 0 amide bonds. The third kappa shape index (κ3) is 4.53. The zero-order valence-electron chi connectivity index (χ0n) is 8.43. The van der Waals surface area contributed by atoms with Crippen LogP contribution < -0.4 is 0 Å². The van der Waals surface area contributed by atoms with Crippen LogP contribution in [0.5, 0.6) is 0 Å². The minimum Gasteiger partial charge on any atom is -0.303 e. The number of nitrogens with zero attached hydrogens (tertiary/aromatic N) is 1. The number of likely N-dealkylation sites (N-methyl/N-ethyl adjacent to an activating group) is 1. The van der Waals surface area contributed by atoms with Crippen molar-refractivity contribution in [3.63, 3.8) is 0 Å². The van der Waals surface area contributed by atoms with Gasteiger partial charge < -0.3 is 14.7 Å². The zero-order chi connectivity index (χ0) is 10.6. The van der Waals surface area contributed by atoms with E-state index in [2.05, 4.69) is 9.42 Å². The highest BCUT2D eigenvalue weighted by atomic mass is 31.2. The second-order valence-corrected chi connectivity index (χ2v) is 4.98. The first-order valence-corrected chi connectivity index (χ1v) is 6.42. The second kappa shape index (κ2) is 5.24. The number of phosphoric acid groups is 1. The van der Waals surface area contributed by atoms with Crippen LogP contribution in [-0.2, 0) is 9.09 Å². The van der Waals surface area contributed by atoms with Crippen LogP contribution in [0.15, 0.2) is 0 Å². The SMILES string of the molecule is CN(CCOP(=O)(O)O)C1CCCC1. The van der Waals surface area contributed by atoms with Crippen molar-refractivity contribution in [2.24, 2.45) is 0 Å². The van der Waals surface area contributed by atoms with Crippen molar-refractivity contribution in [1.29, 1.82) is 0 Å². The highest BCUT2D eigenvalue weighted by Gasteiger charge is 2.20. The van der Waals surface area contributed by atoms with E-state index in [1.165, 1.54) is 25.7 Å². The molecule has 1 aliphatic carbocycles. The Bertz CT molecular complexity index is 211. The molecule has 2 N–H and O–H groups in total. The topological polar surface area (TPSA) is 70.0 Å². The van der Waals surface area contributed by atoms with Gasteiger partial charge in [-0.25, -0.2) is 4.57 Å². The third-order valence-electron chi connectivity index (χ3n) is 2.65. The molecule has 0 atom stereocenters. The molecule has 0 bridgehead atoms. The van der Waals surface area contributed by atoms with E-state index in [1.54, 1.807) is 0 Å². The predicted molar refractivity (Wildman–Crippen MR) is 52.9 cm³/mol. The maximum atomic E-state index is 10.4. The minimum atomic E-state index is -4.28. The number of hydrogen-bond donors (Lipinski definition) is 2. The molecule has 1 saturated carbocycles. The monoisotopic (exact) mass is 223 g/mol. The summed E-state index contributed by atoms with van der Waals surface area (Å²) in [5.74, 6) is 0. The van der Waals surface area contributed by atoms with Gasteiger partial charge in [0.15, 0.2) is 0 Å². The molecule has 0 heterocycles. The molecular formula is C8H18NO4P. The Hall–Kier alpha value is 0.0700. The van der Waals surface area contributed by atoms with Crippen molar-refractivity contribution in [3.8, 4) is 0 Å². The van der Waals surface area contributed by atoms with Crippen molar-refractivity contribution in [1.82, 2.24) is 4.90 Å². The number of rotatable bonds is 5. The van der Waals surface area contributed by atoms with E-state index in [0.717, 1.165) is 0 Å². The molecule has 0 spiro atoms. The van der Waals surface area contributed by atoms with Gasteiger partial charge in [-0.1, -0.05) is 12.8 Å². The molecule has 6 heteroatoms. The van der Waals surface area contributed by atoms with Gasteiger partial charge in [-0.15, -0.1) is 0 Å². The fourth-order valence-corrected chi connectivity index (χ4v) is 2.15. The molecule has 1 aliphatic rings. The van der Waals surface area contributed by atoms with Gasteiger partial charge in [-0.05, 0) is 19.9 Å². The van der Waals surface area contributed by atoms with Crippen LogP contribution in [0.3, 0.4) is 0 Å². The van der Waals surface area contributed by atoms with Gasteiger partial charge in [0.2, 0.25) is 0 Å². The van der Waals surface area contributed by atoms with E-state index < -0.39 is 7.82 Å². The van der Waals surface area contributed by atoms with Crippen molar-refractivity contribution in [2.45, 2.75) is 31.7 Å². The summed E-state index contributed by atoms with van der Waals surface area (Å²) in [4.78, 5) is 19.0. The van der Waals surface area contributed by atoms with Crippen LogP contribution >= 0.6 is 7.82 Å². The smallest absolute Gasteiger partial charge is 0.303 e. The number of phosphoric ester groups is 1. The summed E-state index contributed by atoms with van der Waals surface area (Å²) >= 11 is 0. The fourth-order valence-electron chi connectivity index (χ4n) is 1.83. The van der Waals surface area contributed by atoms with Crippen molar-refractivity contribution >= 4 is 7.82 Å². The summed E-state index contributed by atoms with van der Waals surface area (Å²) in [5, 5.41) is 0. The molecule has 0 aromatic rings. The second-order valence-electron chi connectivity index (χ2n) is 3.74. The lowest BCUT2D eigenvalue weighted by molar-refractivity contribution is 0.154. The summed E-state index contributed by atoms with van der Waals surface area (Å²) in [6.07, 6.45) is 4.89. The average molecular weight is 223 g/mol. The number of hydrogen-bond acceptors (Lipinski definition) is 3. The highest BCUT2D eigenvalue weighted by Crippen LogP contribution is 2.35. The minimum absolute atomic E-state index is 0.0945. The Morgan fingerprint density at radius 3 is 2.50 bits per heavy atom.